The van der Waals surface area contributed by atoms with Crippen molar-refractivity contribution in [2.45, 2.75) is 20.4 Å². The topological polar surface area (TPSA) is 29.3 Å². The molecular formula is C22H21N3. The van der Waals surface area contributed by atoms with Gasteiger partial charge in [0.2, 0.25) is 0 Å². The van der Waals surface area contributed by atoms with Crippen molar-refractivity contribution >= 4 is 11.5 Å². The average Bonchev–Trinajstić information content (AvgIpc) is 2.99. The lowest BCUT2D eigenvalue weighted by molar-refractivity contribution is 1.08. The van der Waals surface area contributed by atoms with Gasteiger partial charge >= 0.3 is 0 Å². The van der Waals surface area contributed by atoms with Gasteiger partial charge in [0.05, 0.1) is 0 Å². The molecule has 3 heteroatoms. The van der Waals surface area contributed by atoms with Crippen molar-refractivity contribution in [3.8, 4) is 11.3 Å². The number of nitrogens with zero attached hydrogens (tertiary/aromatic N) is 2. The molecule has 2 heterocycles. The van der Waals surface area contributed by atoms with Gasteiger partial charge in [-0.15, -0.1) is 0 Å². The lowest BCUT2D eigenvalue weighted by atomic mass is 10.1. The first kappa shape index (κ1) is 15.5. The number of nitrogens with one attached hydrogen (secondary N) is 1. The molecule has 2 aromatic heterocycles. The van der Waals surface area contributed by atoms with E-state index >= 15 is 0 Å². The number of aryl methyl sites for hydroxylation is 2. The predicted octanol–water partition coefficient (Wildman–Crippen LogP) is 5.23. The number of pyridine rings is 1. The van der Waals surface area contributed by atoms with Gasteiger partial charge in [0.25, 0.3) is 0 Å². The molecule has 0 bridgehead atoms. The summed E-state index contributed by atoms with van der Waals surface area (Å²) in [5, 5.41) is 3.61. The molecule has 4 rings (SSSR count). The van der Waals surface area contributed by atoms with E-state index in [1.165, 1.54) is 22.3 Å². The molecule has 1 N–H and O–H groups in total. The quantitative estimate of drug-likeness (QED) is 0.556. The molecule has 0 aliphatic rings. The highest BCUT2D eigenvalue weighted by Gasteiger charge is 2.15. The van der Waals surface area contributed by atoms with Crippen LogP contribution < -0.4 is 5.32 Å². The van der Waals surface area contributed by atoms with Crippen LogP contribution in [0.3, 0.4) is 0 Å². The normalized spacial score (nSPS) is 11.0. The number of imidazole rings is 1. The molecule has 0 amide bonds. The maximum Gasteiger partial charge on any atom is 0.139 e. The molecule has 0 saturated heterocycles. The van der Waals surface area contributed by atoms with Gasteiger partial charge < -0.3 is 5.32 Å². The van der Waals surface area contributed by atoms with Gasteiger partial charge in [0.15, 0.2) is 0 Å². The molecule has 3 nitrogen and oxygen atoms in total. The van der Waals surface area contributed by atoms with Crippen LogP contribution in [0.1, 0.15) is 16.7 Å². The Morgan fingerprint density at radius 2 is 1.64 bits per heavy atom. The number of benzene rings is 2. The minimum Gasteiger partial charge on any atom is -0.365 e. The molecule has 0 unspecified atom stereocenters. The molecule has 0 radical (unpaired) electrons. The van der Waals surface area contributed by atoms with Gasteiger partial charge in [0, 0.05) is 18.3 Å². The Hall–Kier alpha value is -3.07. The maximum absolute atomic E-state index is 4.90. The third kappa shape index (κ3) is 3.01. The largest absolute Gasteiger partial charge is 0.365 e. The van der Waals surface area contributed by atoms with Crippen LogP contribution in [-0.4, -0.2) is 9.38 Å². The summed E-state index contributed by atoms with van der Waals surface area (Å²) in [6.07, 6.45) is 2.14. The molecule has 0 aliphatic carbocycles. The standard InChI is InChI=1S/C22H21N3/c1-16-12-13-20-24-21(19-11-7-6-8-17(19)2)22(25(20)15-16)23-14-18-9-4-3-5-10-18/h3-13,15,23H,14H2,1-2H3. The lowest BCUT2D eigenvalue weighted by Crippen LogP contribution is -2.03. The summed E-state index contributed by atoms with van der Waals surface area (Å²) < 4.78 is 2.15. The van der Waals surface area contributed by atoms with Gasteiger partial charge in [-0.2, -0.15) is 0 Å². The van der Waals surface area contributed by atoms with Crippen LogP contribution >= 0.6 is 0 Å². The minimum atomic E-state index is 0.765. The third-order valence-corrected chi connectivity index (χ3v) is 4.47. The van der Waals surface area contributed by atoms with Gasteiger partial charge in [-0.05, 0) is 36.6 Å². The summed E-state index contributed by atoms with van der Waals surface area (Å²) in [6.45, 7) is 5.00. The van der Waals surface area contributed by atoms with E-state index < -0.39 is 0 Å². The summed E-state index contributed by atoms with van der Waals surface area (Å²) in [6, 6.07) is 23.0. The monoisotopic (exact) mass is 327 g/mol. The zero-order valence-electron chi connectivity index (χ0n) is 14.5. The van der Waals surface area contributed by atoms with Gasteiger partial charge in [-0.3, -0.25) is 4.40 Å². The van der Waals surface area contributed by atoms with Crippen molar-refractivity contribution in [3.05, 3.63) is 89.6 Å². The number of anilines is 1. The van der Waals surface area contributed by atoms with E-state index in [-0.39, 0.29) is 0 Å². The van der Waals surface area contributed by atoms with E-state index in [4.69, 9.17) is 4.98 Å². The molecule has 0 saturated carbocycles. The Balaban J connectivity index is 1.83. The van der Waals surface area contributed by atoms with Crippen LogP contribution in [0.2, 0.25) is 0 Å². The zero-order chi connectivity index (χ0) is 17.2. The number of rotatable bonds is 4. The Labute approximate surface area is 148 Å². The van der Waals surface area contributed by atoms with Crippen molar-refractivity contribution in [1.82, 2.24) is 9.38 Å². The Bertz CT molecular complexity index is 1020. The second-order valence-electron chi connectivity index (χ2n) is 6.40. The summed E-state index contributed by atoms with van der Waals surface area (Å²) in [4.78, 5) is 4.90. The van der Waals surface area contributed by atoms with E-state index in [1.807, 2.05) is 6.07 Å². The first-order chi connectivity index (χ1) is 12.2. The van der Waals surface area contributed by atoms with Crippen LogP contribution in [0.15, 0.2) is 72.9 Å². The second kappa shape index (κ2) is 6.44. The molecule has 124 valence electrons. The summed E-state index contributed by atoms with van der Waals surface area (Å²) in [7, 11) is 0. The highest BCUT2D eigenvalue weighted by Crippen LogP contribution is 2.31. The van der Waals surface area contributed by atoms with Gasteiger partial charge in [-0.25, -0.2) is 4.98 Å². The molecule has 0 fully saturated rings. The van der Waals surface area contributed by atoms with Crippen LogP contribution in [-0.2, 0) is 6.54 Å². The van der Waals surface area contributed by atoms with Crippen molar-refractivity contribution in [2.24, 2.45) is 0 Å². The molecule has 0 atom stereocenters. The van der Waals surface area contributed by atoms with Crippen LogP contribution in [0.4, 0.5) is 5.82 Å². The Morgan fingerprint density at radius 1 is 0.880 bits per heavy atom. The number of hydrogen-bond donors (Lipinski definition) is 1. The minimum absolute atomic E-state index is 0.765. The van der Waals surface area contributed by atoms with E-state index in [1.54, 1.807) is 0 Å². The van der Waals surface area contributed by atoms with E-state index in [9.17, 15) is 0 Å². The second-order valence-corrected chi connectivity index (χ2v) is 6.40. The first-order valence-electron chi connectivity index (χ1n) is 8.55. The fourth-order valence-corrected chi connectivity index (χ4v) is 3.13. The molecule has 0 aliphatic heterocycles. The Morgan fingerprint density at radius 3 is 2.44 bits per heavy atom. The fraction of sp³-hybridized carbons (Fsp3) is 0.136. The fourth-order valence-electron chi connectivity index (χ4n) is 3.13. The summed E-state index contributed by atoms with van der Waals surface area (Å²) >= 11 is 0. The van der Waals surface area contributed by atoms with E-state index in [2.05, 4.69) is 90.4 Å². The number of hydrogen-bond acceptors (Lipinski definition) is 2. The summed E-state index contributed by atoms with van der Waals surface area (Å²) in [5.41, 5.74) is 6.81. The zero-order valence-corrected chi connectivity index (χ0v) is 14.5. The van der Waals surface area contributed by atoms with Crippen molar-refractivity contribution in [2.75, 3.05) is 5.32 Å². The predicted molar refractivity (Wildman–Crippen MR) is 104 cm³/mol. The van der Waals surface area contributed by atoms with Gasteiger partial charge in [0.1, 0.15) is 17.2 Å². The smallest absolute Gasteiger partial charge is 0.139 e. The van der Waals surface area contributed by atoms with Gasteiger partial charge in [-0.1, -0.05) is 60.7 Å². The SMILES string of the molecule is Cc1ccc2nc(-c3ccccc3C)c(NCc3ccccc3)n2c1. The number of aromatic nitrogens is 2. The molecule has 4 aromatic rings. The third-order valence-electron chi connectivity index (χ3n) is 4.47. The molecule has 2 aromatic carbocycles. The average molecular weight is 327 g/mol. The highest BCUT2D eigenvalue weighted by atomic mass is 15.1. The summed E-state index contributed by atoms with van der Waals surface area (Å²) in [5.74, 6) is 1.04. The highest BCUT2D eigenvalue weighted by molar-refractivity contribution is 5.78. The maximum atomic E-state index is 4.90. The van der Waals surface area contributed by atoms with Crippen molar-refractivity contribution in [3.63, 3.8) is 0 Å². The number of fused-ring (bicyclic) bond motifs is 1. The van der Waals surface area contributed by atoms with Crippen molar-refractivity contribution < 1.29 is 0 Å². The van der Waals surface area contributed by atoms with Crippen LogP contribution in [0.25, 0.3) is 16.9 Å². The first-order valence-corrected chi connectivity index (χ1v) is 8.55. The lowest BCUT2D eigenvalue weighted by Gasteiger charge is -2.10. The molecular weight excluding hydrogens is 306 g/mol. The van der Waals surface area contributed by atoms with E-state index in [0.717, 1.165) is 23.7 Å². The molecule has 25 heavy (non-hydrogen) atoms. The van der Waals surface area contributed by atoms with Crippen LogP contribution in [0.5, 0.6) is 0 Å². The van der Waals surface area contributed by atoms with E-state index in [0.29, 0.717) is 0 Å². The Kier molecular flexibility index (Phi) is 3.98. The van der Waals surface area contributed by atoms with Crippen LogP contribution in [0, 0.1) is 13.8 Å². The van der Waals surface area contributed by atoms with Crippen molar-refractivity contribution in [1.29, 1.82) is 0 Å². The molecule has 0 spiro atoms.